The first-order chi connectivity index (χ1) is 13.1. The molecule has 0 radical (unpaired) electrons. The van der Waals surface area contributed by atoms with E-state index in [4.69, 9.17) is 4.74 Å². The van der Waals surface area contributed by atoms with Crippen LogP contribution in [0.2, 0.25) is 0 Å². The van der Waals surface area contributed by atoms with Gasteiger partial charge in [0.15, 0.2) is 0 Å². The molecule has 1 heterocycles. The van der Waals surface area contributed by atoms with E-state index in [1.165, 1.54) is 11.3 Å². The van der Waals surface area contributed by atoms with Crippen LogP contribution in [0.15, 0.2) is 78.9 Å². The highest BCUT2D eigenvalue weighted by atomic mass is 16.5. The molecule has 0 fully saturated rings. The van der Waals surface area contributed by atoms with E-state index in [-0.39, 0.29) is 12.0 Å². The normalized spacial score (nSPS) is 21.2. The van der Waals surface area contributed by atoms with Gasteiger partial charge in [-0.2, -0.15) is 0 Å². The van der Waals surface area contributed by atoms with Crippen molar-refractivity contribution in [3.8, 4) is 5.75 Å². The first kappa shape index (κ1) is 17.6. The molecule has 0 aliphatic carbocycles. The van der Waals surface area contributed by atoms with Crippen LogP contribution in [0, 0.1) is 5.92 Å². The molecule has 1 N–H and O–H groups in total. The van der Waals surface area contributed by atoms with Crippen LogP contribution < -0.4 is 9.64 Å². The van der Waals surface area contributed by atoms with Crippen molar-refractivity contribution in [2.24, 2.45) is 5.92 Å². The smallest absolute Gasteiger partial charge is 0.130 e. The molecule has 0 bridgehead atoms. The summed E-state index contributed by atoms with van der Waals surface area (Å²) in [6, 6.07) is 26.5. The van der Waals surface area contributed by atoms with Crippen molar-refractivity contribution >= 4 is 5.69 Å². The molecule has 138 valence electrons. The summed E-state index contributed by atoms with van der Waals surface area (Å²) < 4.78 is 6.37. The Hall–Kier alpha value is -2.78. The maximum absolute atomic E-state index is 11.2. The number of hydrogen-bond donors (Lipinski definition) is 1. The van der Waals surface area contributed by atoms with E-state index in [1.54, 1.807) is 0 Å². The summed E-state index contributed by atoms with van der Waals surface area (Å²) in [7, 11) is 4.08. The molecule has 3 aromatic rings. The summed E-state index contributed by atoms with van der Waals surface area (Å²) in [5.74, 6) is 0.727. The van der Waals surface area contributed by atoms with Crippen molar-refractivity contribution in [3.05, 3.63) is 95.6 Å². The highest BCUT2D eigenvalue weighted by molar-refractivity contribution is 5.46. The molecule has 0 spiro atoms. The number of nitrogens with zero attached hydrogens (tertiary/aromatic N) is 1. The Bertz CT molecular complexity index is 890. The van der Waals surface area contributed by atoms with Gasteiger partial charge in [0.1, 0.15) is 11.9 Å². The number of hydrogen-bond acceptors (Lipinski definition) is 3. The summed E-state index contributed by atoms with van der Waals surface area (Å²) in [6.07, 6.45) is 0.0151. The summed E-state index contributed by atoms with van der Waals surface area (Å²) >= 11 is 0. The van der Waals surface area contributed by atoms with E-state index in [1.807, 2.05) is 56.6 Å². The van der Waals surface area contributed by atoms with Gasteiger partial charge in [-0.3, -0.25) is 0 Å². The van der Waals surface area contributed by atoms with Gasteiger partial charge in [0.05, 0.1) is 6.10 Å². The number of ether oxygens (including phenoxy) is 1. The van der Waals surface area contributed by atoms with Gasteiger partial charge < -0.3 is 14.7 Å². The van der Waals surface area contributed by atoms with E-state index in [9.17, 15) is 5.11 Å². The lowest BCUT2D eigenvalue weighted by atomic mass is 9.80. The molecular weight excluding hydrogens is 334 g/mol. The molecule has 1 aliphatic rings. The molecule has 27 heavy (non-hydrogen) atoms. The maximum Gasteiger partial charge on any atom is 0.130 e. The number of para-hydroxylation sites is 1. The third-order valence-corrected chi connectivity index (χ3v) is 5.34. The fourth-order valence-electron chi connectivity index (χ4n) is 3.83. The number of anilines is 1. The zero-order valence-corrected chi connectivity index (χ0v) is 15.7. The highest BCUT2D eigenvalue weighted by Gasteiger charge is 2.38. The first-order valence-electron chi connectivity index (χ1n) is 9.38. The number of aliphatic hydroxyl groups excluding tert-OH is 1. The van der Waals surface area contributed by atoms with Crippen LogP contribution in [0.5, 0.6) is 5.75 Å². The Kier molecular flexibility index (Phi) is 4.87. The van der Waals surface area contributed by atoms with Crippen LogP contribution in [0.3, 0.4) is 0 Å². The molecule has 0 unspecified atom stereocenters. The molecule has 3 heteroatoms. The van der Waals surface area contributed by atoms with Gasteiger partial charge >= 0.3 is 0 Å². The van der Waals surface area contributed by atoms with Crippen molar-refractivity contribution in [3.63, 3.8) is 0 Å². The van der Waals surface area contributed by atoms with E-state index < -0.39 is 6.10 Å². The number of fused-ring (bicyclic) bond motifs is 1. The highest BCUT2D eigenvalue weighted by Crippen LogP contribution is 2.46. The lowest BCUT2D eigenvalue weighted by molar-refractivity contribution is -0.00177. The second-order valence-corrected chi connectivity index (χ2v) is 7.36. The van der Waals surface area contributed by atoms with Crippen molar-refractivity contribution in [1.29, 1.82) is 0 Å². The number of benzene rings is 3. The number of rotatable bonds is 4. The fraction of sp³-hybridized carbons (Fsp3) is 0.250. The van der Waals surface area contributed by atoms with Gasteiger partial charge in [0, 0.05) is 31.3 Å². The topological polar surface area (TPSA) is 32.7 Å². The second kappa shape index (κ2) is 7.45. The Morgan fingerprint density at radius 3 is 2.22 bits per heavy atom. The van der Waals surface area contributed by atoms with E-state index >= 15 is 0 Å². The lowest BCUT2D eigenvalue weighted by Gasteiger charge is -2.37. The molecule has 3 atom stereocenters. The van der Waals surface area contributed by atoms with Gasteiger partial charge in [-0.1, -0.05) is 60.7 Å². The van der Waals surface area contributed by atoms with Gasteiger partial charge in [0.25, 0.3) is 0 Å². The largest absolute Gasteiger partial charge is 0.485 e. The molecule has 1 aliphatic heterocycles. The first-order valence-corrected chi connectivity index (χ1v) is 9.38. The Labute approximate surface area is 160 Å². The molecule has 0 saturated carbocycles. The molecule has 0 amide bonds. The van der Waals surface area contributed by atoms with Gasteiger partial charge in [-0.25, -0.2) is 0 Å². The van der Waals surface area contributed by atoms with Crippen molar-refractivity contribution in [2.45, 2.75) is 18.6 Å². The van der Waals surface area contributed by atoms with Crippen molar-refractivity contribution in [1.82, 2.24) is 0 Å². The summed E-state index contributed by atoms with van der Waals surface area (Å²) in [5.41, 5.74) is 4.35. The standard InChI is InChI=1S/C24H25NO2/c1-25(2)19-14-12-17(13-15-19)16-21-23(26)20-10-6-7-11-22(20)27-24(21)18-8-4-3-5-9-18/h3-15,21,23-24,26H,16H2,1-2H3/t21-,23+,24+/m0/s1. The van der Waals surface area contributed by atoms with Crippen LogP contribution in [-0.4, -0.2) is 19.2 Å². The molecule has 3 nitrogen and oxygen atoms in total. The predicted octanol–water partition coefficient (Wildman–Crippen LogP) is 4.78. The lowest BCUT2D eigenvalue weighted by Crippen LogP contribution is -2.31. The van der Waals surface area contributed by atoms with Gasteiger partial charge in [-0.05, 0) is 35.7 Å². The van der Waals surface area contributed by atoms with Gasteiger partial charge in [-0.15, -0.1) is 0 Å². The maximum atomic E-state index is 11.2. The minimum atomic E-state index is -0.561. The second-order valence-electron chi connectivity index (χ2n) is 7.36. The zero-order valence-electron chi connectivity index (χ0n) is 15.7. The summed E-state index contributed by atoms with van der Waals surface area (Å²) in [4.78, 5) is 2.09. The fourth-order valence-corrected chi connectivity index (χ4v) is 3.83. The molecule has 3 aromatic carbocycles. The van der Waals surface area contributed by atoms with Crippen LogP contribution >= 0.6 is 0 Å². The third kappa shape index (κ3) is 3.56. The molecule has 0 aromatic heterocycles. The third-order valence-electron chi connectivity index (χ3n) is 5.34. The van der Waals surface area contributed by atoms with Crippen LogP contribution in [0.25, 0.3) is 0 Å². The quantitative estimate of drug-likeness (QED) is 0.728. The van der Waals surface area contributed by atoms with E-state index in [0.717, 1.165) is 23.3 Å². The van der Waals surface area contributed by atoms with Crippen LogP contribution in [0.4, 0.5) is 5.69 Å². The average Bonchev–Trinajstić information content (AvgIpc) is 2.71. The summed E-state index contributed by atoms with van der Waals surface area (Å²) in [6.45, 7) is 0. The van der Waals surface area contributed by atoms with Crippen LogP contribution in [0.1, 0.15) is 28.9 Å². The van der Waals surface area contributed by atoms with Crippen LogP contribution in [-0.2, 0) is 6.42 Å². The molecular formula is C24H25NO2. The monoisotopic (exact) mass is 359 g/mol. The van der Waals surface area contributed by atoms with Crippen molar-refractivity contribution in [2.75, 3.05) is 19.0 Å². The average molecular weight is 359 g/mol. The Balaban J connectivity index is 1.68. The Morgan fingerprint density at radius 1 is 0.852 bits per heavy atom. The molecule has 4 rings (SSSR count). The predicted molar refractivity (Wildman–Crippen MR) is 109 cm³/mol. The van der Waals surface area contributed by atoms with Gasteiger partial charge in [0.2, 0.25) is 0 Å². The minimum Gasteiger partial charge on any atom is -0.485 e. The van der Waals surface area contributed by atoms with Crippen molar-refractivity contribution < 1.29 is 9.84 Å². The molecule has 0 saturated heterocycles. The SMILES string of the molecule is CN(C)c1ccc(C[C@H]2[C@H](O)c3ccccc3O[C@@H]2c2ccccc2)cc1. The van der Waals surface area contributed by atoms with E-state index in [2.05, 4.69) is 41.3 Å². The summed E-state index contributed by atoms with van der Waals surface area (Å²) in [5, 5.41) is 11.2. The Morgan fingerprint density at radius 2 is 1.52 bits per heavy atom. The zero-order chi connectivity index (χ0) is 18.8. The minimum absolute atomic E-state index is 0.0486. The number of aliphatic hydroxyl groups is 1. The van der Waals surface area contributed by atoms with E-state index in [0.29, 0.717) is 0 Å².